The molecule has 0 amide bonds. The molecule has 0 saturated carbocycles. The Labute approximate surface area is 237 Å². The van der Waals surface area contributed by atoms with Crippen LogP contribution >= 0.6 is 23.2 Å². The van der Waals surface area contributed by atoms with E-state index in [0.717, 1.165) is 57.2 Å². The van der Waals surface area contributed by atoms with Crippen LogP contribution in [0.3, 0.4) is 0 Å². The summed E-state index contributed by atoms with van der Waals surface area (Å²) in [7, 11) is 0. The van der Waals surface area contributed by atoms with Crippen molar-refractivity contribution in [3.05, 3.63) is 128 Å². The highest BCUT2D eigenvalue weighted by molar-refractivity contribution is 6.30. The van der Waals surface area contributed by atoms with Crippen LogP contribution in [0.2, 0.25) is 10.0 Å². The standard InChI is InChI=1S/C17H15ClO3.C15H13ClO2/c1-2-20-17(19)12-5-8-15-13(9-12)10-16(21-15)11-3-6-14(18)7-4-11;16-13-4-2-11(3-5-13)15-8-12-7-10(9-17)1-6-14(12)18-15/h3-9,16H,2,10H2,1H3;1-7,15,17H,8-9H2/t16-;15-/m11/s1. The summed E-state index contributed by atoms with van der Waals surface area (Å²) in [6.07, 6.45) is 1.59. The van der Waals surface area contributed by atoms with Crippen LogP contribution in [0, 0.1) is 0 Å². The predicted octanol–water partition coefficient (Wildman–Crippen LogP) is 7.70. The number of aliphatic hydroxyl groups is 1. The number of aliphatic hydroxyl groups excluding tert-OH is 1. The van der Waals surface area contributed by atoms with E-state index in [1.807, 2.05) is 78.9 Å². The van der Waals surface area contributed by atoms with Crippen LogP contribution in [-0.4, -0.2) is 17.7 Å². The van der Waals surface area contributed by atoms with Crippen molar-refractivity contribution in [1.82, 2.24) is 0 Å². The van der Waals surface area contributed by atoms with E-state index in [1.54, 1.807) is 13.0 Å². The fraction of sp³-hybridized carbons (Fsp3) is 0.219. The van der Waals surface area contributed by atoms with E-state index in [0.29, 0.717) is 17.2 Å². The minimum absolute atomic E-state index is 0.0327. The smallest absolute Gasteiger partial charge is 0.338 e. The highest BCUT2D eigenvalue weighted by Crippen LogP contribution is 2.38. The Balaban J connectivity index is 0.000000160. The Morgan fingerprint density at radius 3 is 1.82 bits per heavy atom. The molecule has 0 aliphatic carbocycles. The van der Waals surface area contributed by atoms with E-state index in [9.17, 15) is 4.79 Å². The quantitative estimate of drug-likeness (QED) is 0.252. The van der Waals surface area contributed by atoms with Gasteiger partial charge in [0.2, 0.25) is 0 Å². The summed E-state index contributed by atoms with van der Waals surface area (Å²) in [5.74, 6) is 1.44. The molecular formula is C32H28Cl2O5. The van der Waals surface area contributed by atoms with Crippen LogP contribution in [0.25, 0.3) is 0 Å². The van der Waals surface area contributed by atoms with Gasteiger partial charge < -0.3 is 19.3 Å². The lowest BCUT2D eigenvalue weighted by Crippen LogP contribution is -2.04. The molecular weight excluding hydrogens is 535 g/mol. The van der Waals surface area contributed by atoms with E-state index in [1.165, 1.54) is 0 Å². The van der Waals surface area contributed by atoms with Gasteiger partial charge in [-0.25, -0.2) is 4.79 Å². The molecule has 4 aromatic rings. The summed E-state index contributed by atoms with van der Waals surface area (Å²) < 4.78 is 16.9. The molecule has 5 nitrogen and oxygen atoms in total. The third-order valence-corrected chi connectivity index (χ3v) is 7.22. The molecule has 2 aliphatic rings. The summed E-state index contributed by atoms with van der Waals surface area (Å²) >= 11 is 11.8. The van der Waals surface area contributed by atoms with E-state index >= 15 is 0 Å². The Morgan fingerprint density at radius 2 is 1.31 bits per heavy atom. The molecule has 2 heterocycles. The number of fused-ring (bicyclic) bond motifs is 2. The van der Waals surface area contributed by atoms with E-state index < -0.39 is 0 Å². The molecule has 0 bridgehead atoms. The first-order valence-corrected chi connectivity index (χ1v) is 13.6. The van der Waals surface area contributed by atoms with Gasteiger partial charge in [-0.3, -0.25) is 0 Å². The van der Waals surface area contributed by atoms with Crippen molar-refractivity contribution in [2.75, 3.05) is 6.61 Å². The second-order valence-corrected chi connectivity index (χ2v) is 10.2. The number of ether oxygens (including phenoxy) is 3. The molecule has 0 aromatic heterocycles. The lowest BCUT2D eigenvalue weighted by molar-refractivity contribution is 0.0526. The third kappa shape index (κ3) is 6.39. The van der Waals surface area contributed by atoms with Crippen LogP contribution < -0.4 is 9.47 Å². The first-order valence-electron chi connectivity index (χ1n) is 12.8. The SMILES string of the molecule is CCOC(=O)c1ccc2c(c1)C[C@H](c1ccc(Cl)cc1)O2.OCc1ccc2c(c1)C[C@H](c1ccc(Cl)cc1)O2. The normalized spacial score (nSPS) is 16.7. The summed E-state index contributed by atoms with van der Waals surface area (Å²) in [5.41, 5.74) is 5.88. The van der Waals surface area contributed by atoms with Crippen molar-refractivity contribution in [2.45, 2.75) is 38.6 Å². The van der Waals surface area contributed by atoms with Crippen molar-refractivity contribution < 1.29 is 24.1 Å². The highest BCUT2D eigenvalue weighted by atomic mass is 35.5. The fourth-order valence-electron chi connectivity index (χ4n) is 4.72. The number of hydrogen-bond donors (Lipinski definition) is 1. The summed E-state index contributed by atoms with van der Waals surface area (Å²) in [6.45, 7) is 2.24. The number of esters is 1. The summed E-state index contributed by atoms with van der Waals surface area (Å²) in [6, 6.07) is 26.6. The van der Waals surface area contributed by atoms with Crippen molar-refractivity contribution in [3.8, 4) is 11.5 Å². The Kier molecular flexibility index (Phi) is 8.41. The van der Waals surface area contributed by atoms with Crippen LogP contribution in [-0.2, 0) is 24.2 Å². The van der Waals surface area contributed by atoms with Gasteiger partial charge >= 0.3 is 5.97 Å². The molecule has 0 saturated heterocycles. The second-order valence-electron chi connectivity index (χ2n) is 9.37. The molecule has 0 unspecified atom stereocenters. The second kappa shape index (κ2) is 12.1. The van der Waals surface area contributed by atoms with Crippen molar-refractivity contribution in [1.29, 1.82) is 0 Å². The van der Waals surface area contributed by atoms with Gasteiger partial charge in [-0.15, -0.1) is 0 Å². The third-order valence-electron chi connectivity index (χ3n) is 6.71. The van der Waals surface area contributed by atoms with Gasteiger partial charge in [0.25, 0.3) is 0 Å². The molecule has 1 N–H and O–H groups in total. The molecule has 2 atom stereocenters. The Hall–Kier alpha value is -3.51. The van der Waals surface area contributed by atoms with Crippen molar-refractivity contribution >= 4 is 29.2 Å². The summed E-state index contributed by atoms with van der Waals surface area (Å²) in [4.78, 5) is 11.8. The van der Waals surface area contributed by atoms with Gasteiger partial charge in [0.15, 0.2) is 0 Å². The molecule has 0 spiro atoms. The van der Waals surface area contributed by atoms with E-state index in [-0.39, 0.29) is 24.8 Å². The zero-order valence-electron chi connectivity index (χ0n) is 21.4. The molecule has 6 rings (SSSR count). The van der Waals surface area contributed by atoms with Crippen LogP contribution in [0.4, 0.5) is 0 Å². The molecule has 0 radical (unpaired) electrons. The zero-order chi connectivity index (χ0) is 27.4. The lowest BCUT2D eigenvalue weighted by Gasteiger charge is -2.10. The first-order chi connectivity index (χ1) is 18.9. The molecule has 200 valence electrons. The van der Waals surface area contributed by atoms with Crippen molar-refractivity contribution in [3.63, 3.8) is 0 Å². The maximum atomic E-state index is 11.8. The number of carbonyl (C=O) groups excluding carboxylic acids is 1. The fourth-order valence-corrected chi connectivity index (χ4v) is 4.97. The molecule has 2 aliphatic heterocycles. The topological polar surface area (TPSA) is 65.0 Å². The average Bonchev–Trinajstić information content (AvgIpc) is 3.58. The van der Waals surface area contributed by atoms with Crippen LogP contribution in [0.5, 0.6) is 11.5 Å². The molecule has 7 heteroatoms. The minimum atomic E-state index is -0.296. The largest absolute Gasteiger partial charge is 0.485 e. The maximum Gasteiger partial charge on any atom is 0.338 e. The number of rotatable bonds is 5. The van der Waals surface area contributed by atoms with E-state index in [4.69, 9.17) is 42.5 Å². The van der Waals surface area contributed by atoms with Gasteiger partial charge in [0.05, 0.1) is 18.8 Å². The minimum Gasteiger partial charge on any atom is -0.485 e. The molecule has 4 aromatic carbocycles. The summed E-state index contributed by atoms with van der Waals surface area (Å²) in [5, 5.41) is 10.6. The number of hydrogen-bond acceptors (Lipinski definition) is 5. The number of carbonyl (C=O) groups is 1. The van der Waals surface area contributed by atoms with Gasteiger partial charge in [-0.2, -0.15) is 0 Å². The van der Waals surface area contributed by atoms with Crippen LogP contribution in [0.1, 0.15) is 57.3 Å². The van der Waals surface area contributed by atoms with E-state index in [2.05, 4.69) is 0 Å². The molecule has 39 heavy (non-hydrogen) atoms. The monoisotopic (exact) mass is 562 g/mol. The van der Waals surface area contributed by atoms with Crippen molar-refractivity contribution in [2.24, 2.45) is 0 Å². The molecule has 0 fully saturated rings. The Bertz CT molecular complexity index is 1450. The van der Waals surface area contributed by atoms with Crippen LogP contribution in [0.15, 0.2) is 84.9 Å². The number of halogens is 2. The van der Waals surface area contributed by atoms with Gasteiger partial charge in [-0.05, 0) is 89.3 Å². The predicted molar refractivity (Wildman–Crippen MR) is 152 cm³/mol. The van der Waals surface area contributed by atoms with Gasteiger partial charge in [-0.1, -0.05) is 53.5 Å². The lowest BCUT2D eigenvalue weighted by atomic mass is 10.0. The Morgan fingerprint density at radius 1 is 0.795 bits per heavy atom. The highest BCUT2D eigenvalue weighted by Gasteiger charge is 2.26. The van der Waals surface area contributed by atoms with Gasteiger partial charge in [0, 0.05) is 22.9 Å². The first kappa shape index (κ1) is 27.1. The zero-order valence-corrected chi connectivity index (χ0v) is 22.9. The maximum absolute atomic E-state index is 11.8. The number of benzene rings is 4. The average molecular weight is 563 g/mol. The van der Waals surface area contributed by atoms with Gasteiger partial charge in [0.1, 0.15) is 23.7 Å².